The number of urea groups is 1. The molecule has 0 spiro atoms. The molecule has 5 saturated carbocycles. The second-order valence-corrected chi connectivity index (χ2v) is 17.3. The van der Waals surface area contributed by atoms with E-state index in [0.717, 1.165) is 93.8 Å². The lowest BCUT2D eigenvalue weighted by molar-refractivity contribution is -0.136. The Hall–Kier alpha value is -1.50. The number of hydrogen-bond acceptors (Lipinski definition) is 4. The molecule has 45 heavy (non-hydrogen) atoms. The third-order valence-electron chi connectivity index (χ3n) is 14.0. The Kier molecular flexibility index (Phi) is 10.6. The first-order chi connectivity index (χ1) is 21.8. The van der Waals surface area contributed by atoms with E-state index < -0.39 is 6.04 Å². The minimum absolute atomic E-state index is 0.0632. The highest BCUT2D eigenvalue weighted by molar-refractivity contribution is 7.98. The molecule has 6 nitrogen and oxygen atoms in total. The minimum atomic E-state index is -0.680. The van der Waals surface area contributed by atoms with Crippen LogP contribution < -0.4 is 10.6 Å². The summed E-state index contributed by atoms with van der Waals surface area (Å²) in [6, 6.07) is -0.853. The fourth-order valence-electron chi connectivity index (χ4n) is 11.4. The van der Waals surface area contributed by atoms with Crippen LogP contribution in [0.1, 0.15) is 142 Å². The third-order valence-corrected chi connectivity index (χ3v) is 14.6. The highest BCUT2D eigenvalue weighted by atomic mass is 32.2. The molecule has 0 saturated heterocycles. The van der Waals surface area contributed by atoms with E-state index >= 15 is 0 Å². The molecule has 0 aromatic heterocycles. The number of rotatable bonds is 8. The molecule has 7 atom stereocenters. The first-order valence-electron chi connectivity index (χ1n) is 18.9. The predicted octanol–water partition coefficient (Wildman–Crippen LogP) is 8.40. The van der Waals surface area contributed by atoms with Gasteiger partial charge in [-0.2, -0.15) is 11.8 Å². The minimum Gasteiger partial charge on any atom is -0.340 e. The normalized spacial score (nSPS) is 36.1. The van der Waals surface area contributed by atoms with Gasteiger partial charge in [0.1, 0.15) is 6.04 Å². The molecule has 252 valence electrons. The predicted molar refractivity (Wildman–Crippen MR) is 184 cm³/mol. The fourth-order valence-corrected chi connectivity index (χ4v) is 11.9. The summed E-state index contributed by atoms with van der Waals surface area (Å²) in [4.78, 5) is 44.1. The number of allylic oxidation sites excluding steroid dienone is 1. The van der Waals surface area contributed by atoms with Crippen LogP contribution in [-0.4, -0.2) is 52.9 Å². The highest BCUT2D eigenvalue weighted by Crippen LogP contribution is 2.66. The molecule has 6 rings (SSSR count). The van der Waals surface area contributed by atoms with Gasteiger partial charge in [0.25, 0.3) is 5.91 Å². The van der Waals surface area contributed by atoms with E-state index in [2.05, 4.69) is 30.6 Å². The molecule has 0 aliphatic heterocycles. The van der Waals surface area contributed by atoms with Crippen LogP contribution in [0.5, 0.6) is 0 Å². The van der Waals surface area contributed by atoms with E-state index in [1.807, 2.05) is 6.26 Å². The van der Waals surface area contributed by atoms with Crippen LogP contribution in [0.4, 0.5) is 4.79 Å². The van der Waals surface area contributed by atoms with Crippen molar-refractivity contribution in [2.24, 2.45) is 34.5 Å². The van der Waals surface area contributed by atoms with Gasteiger partial charge in [-0.1, -0.05) is 71.3 Å². The second kappa shape index (κ2) is 14.3. The molecule has 7 heteroatoms. The van der Waals surface area contributed by atoms with Crippen LogP contribution in [-0.2, 0) is 9.59 Å². The van der Waals surface area contributed by atoms with E-state index in [1.54, 1.807) is 16.7 Å². The molecule has 2 N–H and O–H groups in total. The van der Waals surface area contributed by atoms with Crippen molar-refractivity contribution < 1.29 is 14.4 Å². The first-order valence-corrected chi connectivity index (χ1v) is 20.3. The van der Waals surface area contributed by atoms with Gasteiger partial charge in [-0.15, -0.1) is 0 Å². The third kappa shape index (κ3) is 6.64. The molecular weight excluding hydrogens is 579 g/mol. The van der Waals surface area contributed by atoms with Crippen molar-refractivity contribution in [2.75, 3.05) is 12.0 Å². The van der Waals surface area contributed by atoms with Gasteiger partial charge in [-0.05, 0) is 118 Å². The van der Waals surface area contributed by atoms with Gasteiger partial charge >= 0.3 is 6.03 Å². The van der Waals surface area contributed by atoms with Gasteiger partial charge in [0.2, 0.25) is 5.91 Å². The Balaban J connectivity index is 1.18. The lowest BCUT2D eigenvalue weighted by Crippen LogP contribution is -2.59. The van der Waals surface area contributed by atoms with Crippen LogP contribution in [0, 0.1) is 34.5 Å². The number of imide groups is 1. The number of nitrogens with zero attached hydrogens (tertiary/aromatic N) is 1. The molecular formula is C38H61N3O3S. The van der Waals surface area contributed by atoms with Crippen molar-refractivity contribution in [3.8, 4) is 0 Å². The molecule has 0 aromatic rings. The molecule has 0 radical (unpaired) electrons. The van der Waals surface area contributed by atoms with Crippen molar-refractivity contribution in [1.29, 1.82) is 0 Å². The van der Waals surface area contributed by atoms with Gasteiger partial charge in [0.05, 0.1) is 0 Å². The molecule has 0 bridgehead atoms. The smallest absolute Gasteiger partial charge is 0.324 e. The van der Waals surface area contributed by atoms with Crippen molar-refractivity contribution in [1.82, 2.24) is 15.5 Å². The Morgan fingerprint density at radius 2 is 1.58 bits per heavy atom. The maximum Gasteiger partial charge on any atom is 0.324 e. The number of carbonyl (C=O) groups is 3. The number of nitrogens with one attached hydrogen (secondary N) is 2. The van der Waals surface area contributed by atoms with Crippen molar-refractivity contribution >= 4 is 29.6 Å². The van der Waals surface area contributed by atoms with E-state index in [9.17, 15) is 14.4 Å². The first kappa shape index (κ1) is 33.4. The molecule has 6 aliphatic carbocycles. The maximum atomic E-state index is 14.4. The summed E-state index contributed by atoms with van der Waals surface area (Å²) in [6.07, 6.45) is 26.8. The zero-order chi connectivity index (χ0) is 31.6. The van der Waals surface area contributed by atoms with Crippen LogP contribution in [0.15, 0.2) is 11.6 Å². The molecule has 6 aliphatic rings. The van der Waals surface area contributed by atoms with Crippen molar-refractivity contribution in [3.05, 3.63) is 11.6 Å². The molecule has 5 fully saturated rings. The fraction of sp³-hybridized carbons (Fsp3) is 0.868. The quantitative estimate of drug-likeness (QED) is 0.280. The lowest BCUT2D eigenvalue weighted by atomic mass is 9.45. The number of carbonyl (C=O) groups excluding carboxylic acids is 3. The second-order valence-electron chi connectivity index (χ2n) is 16.3. The Morgan fingerprint density at radius 1 is 0.867 bits per heavy atom. The number of amides is 4. The van der Waals surface area contributed by atoms with Gasteiger partial charge < -0.3 is 10.6 Å². The van der Waals surface area contributed by atoms with Crippen molar-refractivity contribution in [2.45, 2.75) is 160 Å². The van der Waals surface area contributed by atoms with Gasteiger partial charge in [-0.25, -0.2) is 4.79 Å². The summed E-state index contributed by atoms with van der Waals surface area (Å²) in [5.74, 6) is 3.40. The topological polar surface area (TPSA) is 78.5 Å². The monoisotopic (exact) mass is 639 g/mol. The van der Waals surface area contributed by atoms with Gasteiger partial charge in [0.15, 0.2) is 0 Å². The zero-order valence-electron chi connectivity index (χ0n) is 28.5. The summed E-state index contributed by atoms with van der Waals surface area (Å²) >= 11 is 1.69. The van der Waals surface area contributed by atoms with E-state index in [0.29, 0.717) is 23.7 Å². The largest absolute Gasteiger partial charge is 0.340 e. The SMILES string of the molecule is CSCC[C@H](NC(=O)C1=CC[C@H]2[C@@H]3CC[C@H]4CCCC[C@]4(C)[C@H]3CC[C@]12C)C(=O)N(C(=O)NC1CCCCC1)C1CCCCC1. The van der Waals surface area contributed by atoms with Crippen molar-refractivity contribution in [3.63, 3.8) is 0 Å². The summed E-state index contributed by atoms with van der Waals surface area (Å²) in [6.45, 7) is 4.96. The number of fused-ring (bicyclic) bond motifs is 5. The maximum absolute atomic E-state index is 14.4. The average Bonchev–Trinajstić information content (AvgIpc) is 3.41. The van der Waals surface area contributed by atoms with Crippen LogP contribution in [0.3, 0.4) is 0 Å². The molecule has 4 amide bonds. The van der Waals surface area contributed by atoms with Crippen LogP contribution >= 0.6 is 11.8 Å². The number of hydrogen-bond donors (Lipinski definition) is 2. The number of thioether (sulfide) groups is 1. The Bertz CT molecular complexity index is 1110. The standard InChI is InChI=1S/C38H61N3O3S/c1-37-23-11-10-12-26(37)17-18-29-30-19-20-32(38(30,2)24-21-31(29)37)34(42)40-33(22-25-45-3)35(43)41(28-15-8-5-9-16-28)36(44)39-27-13-6-4-7-14-27/h20,26-31,33H,4-19,21-25H2,1-3H3,(H,39,44)(H,40,42)/t26-,29+,30+,31+,33+,37+,38+/m1/s1. The van der Waals surface area contributed by atoms with Crippen LogP contribution in [0.25, 0.3) is 0 Å². The summed E-state index contributed by atoms with van der Waals surface area (Å²) in [5, 5.41) is 6.51. The van der Waals surface area contributed by atoms with E-state index in [-0.39, 0.29) is 35.3 Å². The van der Waals surface area contributed by atoms with Gasteiger partial charge in [0, 0.05) is 23.1 Å². The average molecular weight is 640 g/mol. The summed E-state index contributed by atoms with van der Waals surface area (Å²) < 4.78 is 0. The zero-order valence-corrected chi connectivity index (χ0v) is 29.4. The lowest BCUT2D eigenvalue weighted by Gasteiger charge is -2.60. The summed E-state index contributed by atoms with van der Waals surface area (Å²) in [7, 11) is 0. The van der Waals surface area contributed by atoms with Gasteiger partial charge in [-0.3, -0.25) is 14.5 Å². The summed E-state index contributed by atoms with van der Waals surface area (Å²) in [5.41, 5.74) is 1.26. The van der Waals surface area contributed by atoms with E-state index in [4.69, 9.17) is 0 Å². The van der Waals surface area contributed by atoms with E-state index in [1.165, 1.54) is 51.4 Å². The Labute approximate surface area is 277 Å². The molecule has 0 heterocycles. The molecule has 0 unspecified atom stereocenters. The highest BCUT2D eigenvalue weighted by Gasteiger charge is 2.59. The Morgan fingerprint density at radius 3 is 2.31 bits per heavy atom. The molecule has 0 aromatic carbocycles. The van der Waals surface area contributed by atoms with Crippen LogP contribution in [0.2, 0.25) is 0 Å².